The number of halogens is 3. The molecule has 1 saturated carbocycles. The van der Waals surface area contributed by atoms with Gasteiger partial charge in [-0.05, 0) is 43.7 Å². The summed E-state index contributed by atoms with van der Waals surface area (Å²) >= 11 is 0. The van der Waals surface area contributed by atoms with Crippen LogP contribution in [0.15, 0.2) is 36.7 Å². The van der Waals surface area contributed by atoms with Gasteiger partial charge in [0, 0.05) is 17.8 Å². The normalized spacial score (nSPS) is 26.2. The molecule has 8 heteroatoms. The Hall–Kier alpha value is -2.35. The minimum Gasteiger partial charge on any atom is -0.393 e. The Morgan fingerprint density at radius 1 is 1.19 bits per heavy atom. The van der Waals surface area contributed by atoms with Crippen LogP contribution in [0.3, 0.4) is 0 Å². The van der Waals surface area contributed by atoms with Crippen molar-refractivity contribution in [2.45, 2.75) is 50.4 Å². The predicted octanol–water partition coefficient (Wildman–Crippen LogP) is 3.97. The van der Waals surface area contributed by atoms with Gasteiger partial charge in [-0.1, -0.05) is 18.2 Å². The quantitative estimate of drug-likeness (QED) is 0.849. The van der Waals surface area contributed by atoms with E-state index in [0.717, 1.165) is 25.7 Å². The lowest BCUT2D eigenvalue weighted by Gasteiger charge is -2.26. The van der Waals surface area contributed by atoms with Gasteiger partial charge in [-0.15, -0.1) is 0 Å². The van der Waals surface area contributed by atoms with Crippen LogP contribution in [-0.4, -0.2) is 38.0 Å². The molecule has 0 aromatic carbocycles. The molecule has 2 aliphatic rings. The van der Waals surface area contributed by atoms with E-state index >= 15 is 0 Å². The van der Waals surface area contributed by atoms with Crippen molar-refractivity contribution in [1.29, 1.82) is 0 Å². The van der Waals surface area contributed by atoms with E-state index in [1.807, 2.05) is 6.07 Å². The molecular weight excluding hydrogens is 357 g/mol. The van der Waals surface area contributed by atoms with E-state index in [9.17, 15) is 18.3 Å². The lowest BCUT2D eigenvalue weighted by Crippen LogP contribution is -2.28. The maximum Gasteiger partial charge on any atom is 0.395 e. The van der Waals surface area contributed by atoms with Gasteiger partial charge in [-0.25, -0.2) is 9.50 Å². The molecule has 1 fully saturated rings. The highest BCUT2D eigenvalue weighted by Gasteiger charge is 2.39. The Labute approximate surface area is 154 Å². The van der Waals surface area contributed by atoms with Crippen LogP contribution in [0, 0.1) is 5.92 Å². The molecule has 0 aliphatic heterocycles. The van der Waals surface area contributed by atoms with Gasteiger partial charge in [-0.2, -0.15) is 18.3 Å². The summed E-state index contributed by atoms with van der Waals surface area (Å²) in [5.41, 5.74) is 1.75. The van der Waals surface area contributed by atoms with E-state index in [-0.39, 0.29) is 18.6 Å². The van der Waals surface area contributed by atoms with Gasteiger partial charge in [0.15, 0.2) is 5.65 Å². The Kier molecular flexibility index (Phi) is 4.67. The summed E-state index contributed by atoms with van der Waals surface area (Å²) < 4.78 is 40.8. The molecule has 0 spiro atoms. The number of allylic oxidation sites excluding steroid dienone is 4. The number of fused-ring (bicyclic) bond motifs is 1. The van der Waals surface area contributed by atoms with Gasteiger partial charge in [-0.3, -0.25) is 0 Å². The fraction of sp³-hybridized carbons (Fsp3) is 0.474. The second-order valence-corrected chi connectivity index (χ2v) is 7.22. The van der Waals surface area contributed by atoms with Crippen LogP contribution >= 0.6 is 0 Å². The largest absolute Gasteiger partial charge is 0.395 e. The van der Waals surface area contributed by atoms with Crippen LogP contribution in [-0.2, 0) is 0 Å². The molecule has 27 heavy (non-hydrogen) atoms. The fourth-order valence-electron chi connectivity index (χ4n) is 3.71. The lowest BCUT2D eigenvalue weighted by molar-refractivity contribution is -0.159. The van der Waals surface area contributed by atoms with Crippen molar-refractivity contribution in [1.82, 2.24) is 14.6 Å². The summed E-state index contributed by atoms with van der Waals surface area (Å²) in [6, 6.07) is 2.05. The van der Waals surface area contributed by atoms with E-state index in [0.29, 0.717) is 22.6 Å². The molecule has 144 valence electrons. The smallest absolute Gasteiger partial charge is 0.393 e. The van der Waals surface area contributed by atoms with Crippen molar-refractivity contribution < 1.29 is 18.3 Å². The molecule has 5 nitrogen and oxygen atoms in total. The molecular formula is C19H21F3N4O. The van der Waals surface area contributed by atoms with E-state index in [4.69, 9.17) is 0 Å². The first kappa shape index (κ1) is 18.0. The van der Waals surface area contributed by atoms with Crippen molar-refractivity contribution in [3.05, 3.63) is 42.3 Å². The van der Waals surface area contributed by atoms with Crippen LogP contribution in [0.5, 0.6) is 0 Å². The zero-order valence-electron chi connectivity index (χ0n) is 14.7. The number of nitrogens with zero attached hydrogens (tertiary/aromatic N) is 3. The Balaban J connectivity index is 1.57. The topological polar surface area (TPSA) is 62.5 Å². The molecule has 4 rings (SSSR count). The Bertz CT molecular complexity index is 879. The third-order valence-corrected chi connectivity index (χ3v) is 5.26. The average molecular weight is 378 g/mol. The van der Waals surface area contributed by atoms with Gasteiger partial charge in [0.25, 0.3) is 0 Å². The maximum absolute atomic E-state index is 13.1. The molecule has 2 N–H and O–H groups in total. The molecule has 1 atom stereocenters. The van der Waals surface area contributed by atoms with Crippen molar-refractivity contribution in [2.75, 3.05) is 5.32 Å². The van der Waals surface area contributed by atoms with E-state index in [1.54, 1.807) is 23.0 Å². The lowest BCUT2D eigenvalue weighted by atomic mass is 9.90. The summed E-state index contributed by atoms with van der Waals surface area (Å²) in [4.78, 5) is 4.59. The molecule has 2 aromatic heterocycles. The Morgan fingerprint density at radius 3 is 2.70 bits per heavy atom. The number of nitrogens with one attached hydrogen (secondary N) is 1. The summed E-state index contributed by atoms with van der Waals surface area (Å²) in [7, 11) is 0. The maximum atomic E-state index is 13.1. The number of aromatic nitrogens is 3. The second kappa shape index (κ2) is 6.99. The molecule has 1 unspecified atom stereocenters. The van der Waals surface area contributed by atoms with Crippen molar-refractivity contribution in [2.24, 2.45) is 5.92 Å². The van der Waals surface area contributed by atoms with E-state index in [1.165, 1.54) is 12.2 Å². The fourth-order valence-corrected chi connectivity index (χ4v) is 3.71. The second-order valence-electron chi connectivity index (χ2n) is 7.22. The van der Waals surface area contributed by atoms with Gasteiger partial charge in [0.1, 0.15) is 5.82 Å². The highest BCUT2D eigenvalue weighted by atomic mass is 19.4. The number of hydrogen-bond donors (Lipinski definition) is 2. The zero-order valence-corrected chi connectivity index (χ0v) is 14.7. The number of aliphatic hydroxyl groups excluding tert-OH is 1. The van der Waals surface area contributed by atoms with E-state index in [2.05, 4.69) is 15.4 Å². The molecule has 0 radical (unpaired) electrons. The van der Waals surface area contributed by atoms with Crippen LogP contribution in [0.4, 0.5) is 19.0 Å². The van der Waals surface area contributed by atoms with Crippen LogP contribution in [0.25, 0.3) is 11.2 Å². The van der Waals surface area contributed by atoms with Crippen molar-refractivity contribution in [3.63, 3.8) is 0 Å². The number of aliphatic hydroxyl groups is 1. The average Bonchev–Trinajstić information content (AvgIpc) is 3.06. The highest BCUT2D eigenvalue weighted by Crippen LogP contribution is 2.38. The van der Waals surface area contributed by atoms with Gasteiger partial charge < -0.3 is 10.4 Å². The van der Waals surface area contributed by atoms with Crippen LogP contribution in [0.1, 0.15) is 37.7 Å². The van der Waals surface area contributed by atoms with Gasteiger partial charge >= 0.3 is 6.18 Å². The number of alkyl halides is 3. The number of rotatable bonds is 3. The highest BCUT2D eigenvalue weighted by molar-refractivity contribution is 5.78. The molecule has 0 amide bonds. The number of anilines is 1. The minimum atomic E-state index is -4.26. The molecule has 2 aromatic rings. The SMILES string of the molecule is O[C@H]1CC[C@H](Nc2ccn3ncc(C4=CC=CC(C(F)(F)F)C4)c3n2)CC1. The molecule has 0 saturated heterocycles. The summed E-state index contributed by atoms with van der Waals surface area (Å²) in [6.45, 7) is 0. The summed E-state index contributed by atoms with van der Waals surface area (Å²) in [5, 5.41) is 17.2. The third-order valence-electron chi connectivity index (χ3n) is 5.26. The molecule has 2 heterocycles. The first-order valence-electron chi connectivity index (χ1n) is 9.13. The first-order valence-corrected chi connectivity index (χ1v) is 9.13. The van der Waals surface area contributed by atoms with E-state index < -0.39 is 12.1 Å². The van der Waals surface area contributed by atoms with Crippen LogP contribution < -0.4 is 5.32 Å². The monoisotopic (exact) mass is 378 g/mol. The predicted molar refractivity (Wildman–Crippen MR) is 96.2 cm³/mol. The standard InChI is InChI=1S/C19H21F3N4O/c20-19(21,22)13-3-1-2-12(10-13)16-11-23-26-9-8-17(25-18(16)26)24-14-4-6-15(27)7-5-14/h1-3,8-9,11,13-15,27H,4-7,10H2,(H,24,25)/t13?,14-,15-. The summed E-state index contributed by atoms with van der Waals surface area (Å²) in [6.07, 6.45) is 6.32. The zero-order chi connectivity index (χ0) is 19.0. The van der Waals surface area contributed by atoms with Gasteiger partial charge in [0.2, 0.25) is 0 Å². The van der Waals surface area contributed by atoms with Crippen molar-refractivity contribution >= 4 is 17.0 Å². The van der Waals surface area contributed by atoms with Gasteiger partial charge in [0.05, 0.1) is 18.2 Å². The van der Waals surface area contributed by atoms with Crippen LogP contribution in [0.2, 0.25) is 0 Å². The first-order chi connectivity index (χ1) is 12.9. The van der Waals surface area contributed by atoms with Crippen molar-refractivity contribution in [3.8, 4) is 0 Å². The Morgan fingerprint density at radius 2 is 1.96 bits per heavy atom. The third kappa shape index (κ3) is 3.85. The minimum absolute atomic E-state index is 0.110. The number of hydrogen-bond acceptors (Lipinski definition) is 4. The summed E-state index contributed by atoms with van der Waals surface area (Å²) in [5.74, 6) is -0.813. The molecule has 0 bridgehead atoms. The molecule has 2 aliphatic carbocycles.